The van der Waals surface area contributed by atoms with Crippen LogP contribution in [-0.2, 0) is 21.2 Å². The molecule has 6 heteroatoms. The van der Waals surface area contributed by atoms with Crippen LogP contribution in [0.2, 0.25) is 0 Å². The molecule has 1 heterocycles. The van der Waals surface area contributed by atoms with Crippen molar-refractivity contribution in [1.82, 2.24) is 9.62 Å². The number of carbonyl (C=O) groups excluding carboxylic acids is 1. The first-order valence-corrected chi connectivity index (χ1v) is 11.4. The summed E-state index contributed by atoms with van der Waals surface area (Å²) in [6, 6.07) is 14.7. The lowest BCUT2D eigenvalue weighted by atomic mass is 9.94. The number of rotatable bonds is 6. The van der Waals surface area contributed by atoms with Gasteiger partial charge in [-0.15, -0.1) is 0 Å². The number of amides is 1. The Kier molecular flexibility index (Phi) is 6.17. The van der Waals surface area contributed by atoms with Crippen LogP contribution in [0.15, 0.2) is 42.5 Å². The van der Waals surface area contributed by atoms with Crippen molar-refractivity contribution >= 4 is 26.7 Å². The topological polar surface area (TPSA) is 66.5 Å². The standard InChI is InChI=1S/C21H28N2O3S/c1-16(14-19-8-5-7-17-6-3-4-9-20(17)19)15-22-21(24)18-10-12-23(13-11-18)27(2,25)26/h3-9,16,18H,10-15H2,1-2H3,(H,22,24). The molecule has 1 unspecified atom stereocenters. The van der Waals surface area contributed by atoms with Gasteiger partial charge in [-0.3, -0.25) is 4.79 Å². The summed E-state index contributed by atoms with van der Waals surface area (Å²) in [4.78, 5) is 12.4. The first kappa shape index (κ1) is 19.8. The van der Waals surface area contributed by atoms with E-state index in [9.17, 15) is 13.2 Å². The van der Waals surface area contributed by atoms with Crippen molar-refractivity contribution in [3.63, 3.8) is 0 Å². The summed E-state index contributed by atoms with van der Waals surface area (Å²) in [7, 11) is -3.15. The summed E-state index contributed by atoms with van der Waals surface area (Å²) in [6.07, 6.45) is 3.32. The largest absolute Gasteiger partial charge is 0.356 e. The second kappa shape index (κ2) is 8.40. The summed E-state index contributed by atoms with van der Waals surface area (Å²) in [5.74, 6) is 0.288. The van der Waals surface area contributed by atoms with Gasteiger partial charge < -0.3 is 5.32 Å². The normalized spacial score (nSPS) is 17.7. The Hall–Kier alpha value is -1.92. The third-order valence-electron chi connectivity index (χ3n) is 5.37. The molecule has 1 amide bonds. The molecule has 1 atom stereocenters. The molecule has 5 nitrogen and oxygen atoms in total. The first-order valence-electron chi connectivity index (χ1n) is 9.54. The van der Waals surface area contributed by atoms with Crippen molar-refractivity contribution in [1.29, 1.82) is 0 Å². The summed E-state index contributed by atoms with van der Waals surface area (Å²) in [5.41, 5.74) is 1.30. The van der Waals surface area contributed by atoms with Crippen LogP contribution < -0.4 is 5.32 Å². The second-order valence-corrected chi connectivity index (χ2v) is 9.61. The van der Waals surface area contributed by atoms with Crippen molar-refractivity contribution in [2.75, 3.05) is 25.9 Å². The maximum absolute atomic E-state index is 12.4. The molecular weight excluding hydrogens is 360 g/mol. The van der Waals surface area contributed by atoms with E-state index in [0.29, 0.717) is 38.4 Å². The lowest BCUT2D eigenvalue weighted by Gasteiger charge is -2.29. The maximum Gasteiger partial charge on any atom is 0.223 e. The van der Waals surface area contributed by atoms with Gasteiger partial charge in [0, 0.05) is 25.6 Å². The predicted molar refractivity (Wildman–Crippen MR) is 109 cm³/mol. The highest BCUT2D eigenvalue weighted by molar-refractivity contribution is 7.88. The van der Waals surface area contributed by atoms with E-state index in [4.69, 9.17) is 0 Å². The average molecular weight is 389 g/mol. The molecule has 0 spiro atoms. The molecule has 0 aliphatic carbocycles. The van der Waals surface area contributed by atoms with Crippen LogP contribution in [-0.4, -0.2) is 44.5 Å². The SMILES string of the molecule is CC(CNC(=O)C1CCN(S(C)(=O)=O)CC1)Cc1cccc2ccccc12. The summed E-state index contributed by atoms with van der Waals surface area (Å²) >= 11 is 0. The van der Waals surface area contributed by atoms with E-state index in [0.717, 1.165) is 6.42 Å². The van der Waals surface area contributed by atoms with Gasteiger partial charge in [0.2, 0.25) is 15.9 Å². The fraction of sp³-hybridized carbons (Fsp3) is 0.476. The molecule has 2 aromatic carbocycles. The Morgan fingerprint density at radius 2 is 1.81 bits per heavy atom. The molecule has 3 rings (SSSR count). The summed E-state index contributed by atoms with van der Waals surface area (Å²) < 4.78 is 24.6. The lowest BCUT2D eigenvalue weighted by Crippen LogP contribution is -2.43. The molecule has 27 heavy (non-hydrogen) atoms. The van der Waals surface area contributed by atoms with E-state index in [2.05, 4.69) is 48.6 Å². The Morgan fingerprint density at radius 3 is 2.52 bits per heavy atom. The molecule has 1 N–H and O–H groups in total. The van der Waals surface area contributed by atoms with Crippen LogP contribution in [0.4, 0.5) is 0 Å². The van der Waals surface area contributed by atoms with Gasteiger partial charge in [0.25, 0.3) is 0 Å². The third kappa shape index (κ3) is 5.08. The Balaban J connectivity index is 1.50. The quantitative estimate of drug-likeness (QED) is 0.827. The lowest BCUT2D eigenvalue weighted by molar-refractivity contribution is -0.126. The number of carbonyl (C=O) groups is 1. The van der Waals surface area contributed by atoms with Gasteiger partial charge in [0.05, 0.1) is 6.26 Å². The van der Waals surface area contributed by atoms with Crippen LogP contribution in [0.25, 0.3) is 10.8 Å². The molecule has 1 aliphatic rings. The predicted octanol–water partition coefficient (Wildman–Crippen LogP) is 2.81. The van der Waals surface area contributed by atoms with E-state index < -0.39 is 10.0 Å². The van der Waals surface area contributed by atoms with Gasteiger partial charge in [0.1, 0.15) is 0 Å². The van der Waals surface area contributed by atoms with Crippen LogP contribution in [0.1, 0.15) is 25.3 Å². The van der Waals surface area contributed by atoms with Gasteiger partial charge in [-0.1, -0.05) is 49.4 Å². The van der Waals surface area contributed by atoms with E-state index >= 15 is 0 Å². The molecule has 146 valence electrons. The fourth-order valence-electron chi connectivity index (χ4n) is 3.79. The number of nitrogens with one attached hydrogen (secondary N) is 1. The highest BCUT2D eigenvalue weighted by Gasteiger charge is 2.28. The molecule has 2 aromatic rings. The first-order chi connectivity index (χ1) is 12.8. The van der Waals surface area contributed by atoms with E-state index in [1.807, 2.05) is 6.07 Å². The van der Waals surface area contributed by atoms with Gasteiger partial charge in [0.15, 0.2) is 0 Å². The number of sulfonamides is 1. The number of benzene rings is 2. The third-order valence-corrected chi connectivity index (χ3v) is 6.67. The molecule has 1 fully saturated rings. The van der Waals surface area contributed by atoms with Crippen molar-refractivity contribution in [2.24, 2.45) is 11.8 Å². The van der Waals surface area contributed by atoms with Crippen LogP contribution in [0.5, 0.6) is 0 Å². The second-order valence-electron chi connectivity index (χ2n) is 7.63. The zero-order valence-electron chi connectivity index (χ0n) is 16.0. The minimum Gasteiger partial charge on any atom is -0.356 e. The van der Waals surface area contributed by atoms with Crippen molar-refractivity contribution in [2.45, 2.75) is 26.2 Å². The van der Waals surface area contributed by atoms with Crippen LogP contribution >= 0.6 is 0 Å². The van der Waals surface area contributed by atoms with E-state index in [-0.39, 0.29) is 11.8 Å². The Labute approximate surface area is 161 Å². The monoisotopic (exact) mass is 388 g/mol. The highest BCUT2D eigenvalue weighted by atomic mass is 32.2. The molecule has 0 bridgehead atoms. The van der Waals surface area contributed by atoms with Crippen LogP contribution in [0.3, 0.4) is 0 Å². The number of fused-ring (bicyclic) bond motifs is 1. The minimum absolute atomic E-state index is 0.0490. The molecular formula is C21H28N2O3S. The fourth-order valence-corrected chi connectivity index (χ4v) is 4.66. The smallest absolute Gasteiger partial charge is 0.223 e. The molecule has 0 aromatic heterocycles. The van der Waals surface area contributed by atoms with Gasteiger partial charge in [-0.2, -0.15) is 0 Å². The van der Waals surface area contributed by atoms with Gasteiger partial charge >= 0.3 is 0 Å². The van der Waals surface area contributed by atoms with Crippen molar-refractivity contribution in [3.05, 3.63) is 48.0 Å². The molecule has 0 radical (unpaired) electrons. The van der Waals surface area contributed by atoms with Gasteiger partial charge in [-0.25, -0.2) is 12.7 Å². The average Bonchev–Trinajstić information content (AvgIpc) is 2.66. The number of hydrogen-bond donors (Lipinski definition) is 1. The number of nitrogens with zero attached hydrogens (tertiary/aromatic N) is 1. The molecule has 0 saturated carbocycles. The summed E-state index contributed by atoms with van der Waals surface area (Å²) in [6.45, 7) is 3.65. The molecule has 1 aliphatic heterocycles. The van der Waals surface area contributed by atoms with Crippen molar-refractivity contribution < 1.29 is 13.2 Å². The van der Waals surface area contributed by atoms with E-state index in [1.165, 1.54) is 26.9 Å². The Bertz CT molecular complexity index is 897. The van der Waals surface area contributed by atoms with Crippen LogP contribution in [0, 0.1) is 11.8 Å². The Morgan fingerprint density at radius 1 is 1.15 bits per heavy atom. The zero-order valence-corrected chi connectivity index (χ0v) is 16.8. The minimum atomic E-state index is -3.15. The van der Waals surface area contributed by atoms with Gasteiger partial charge in [-0.05, 0) is 41.5 Å². The zero-order chi connectivity index (χ0) is 19.4. The van der Waals surface area contributed by atoms with E-state index in [1.54, 1.807) is 0 Å². The number of hydrogen-bond acceptors (Lipinski definition) is 3. The number of piperidine rings is 1. The van der Waals surface area contributed by atoms with Crippen molar-refractivity contribution in [3.8, 4) is 0 Å². The molecule has 1 saturated heterocycles. The highest BCUT2D eigenvalue weighted by Crippen LogP contribution is 2.22. The maximum atomic E-state index is 12.4. The summed E-state index contributed by atoms with van der Waals surface area (Å²) in [5, 5.41) is 5.58.